The zero-order valence-electron chi connectivity index (χ0n) is 27.9. The molecule has 0 aliphatic heterocycles. The van der Waals surface area contributed by atoms with Gasteiger partial charge in [0, 0.05) is 55.3 Å². The van der Waals surface area contributed by atoms with E-state index >= 15 is 0 Å². The van der Waals surface area contributed by atoms with Gasteiger partial charge in [0.15, 0.2) is 0 Å². The molecule has 2 amide bonds. The molecular formula is C37H37N11O2. The average molecular weight is 668 g/mol. The monoisotopic (exact) mass is 667 g/mol. The third-order valence-electron chi connectivity index (χ3n) is 8.32. The van der Waals surface area contributed by atoms with Gasteiger partial charge in [0.2, 0.25) is 5.95 Å². The zero-order valence-corrected chi connectivity index (χ0v) is 27.9. The minimum Gasteiger partial charge on any atom is -0.351 e. The number of urea groups is 1. The van der Waals surface area contributed by atoms with E-state index in [1.165, 1.54) is 12.5 Å². The summed E-state index contributed by atoms with van der Waals surface area (Å²) in [4.78, 5) is 48.3. The Morgan fingerprint density at radius 2 is 1.84 bits per heavy atom. The molecule has 13 heteroatoms. The highest BCUT2D eigenvalue weighted by Gasteiger charge is 2.19. The number of aryl methyl sites for hydroxylation is 1. The smallest absolute Gasteiger partial charge is 0.323 e. The van der Waals surface area contributed by atoms with Gasteiger partial charge in [0.25, 0.3) is 5.56 Å². The predicted octanol–water partition coefficient (Wildman–Crippen LogP) is 5.82. The molecular weight excluding hydrogens is 630 g/mol. The molecule has 2 aromatic carbocycles. The van der Waals surface area contributed by atoms with Crippen LogP contribution in [0.2, 0.25) is 0 Å². The molecule has 0 fully saturated rings. The van der Waals surface area contributed by atoms with Crippen molar-refractivity contribution in [3.63, 3.8) is 0 Å². The number of rotatable bonds is 13. The number of amides is 2. The van der Waals surface area contributed by atoms with Crippen molar-refractivity contribution in [2.75, 3.05) is 16.8 Å². The second-order valence-electron chi connectivity index (χ2n) is 11.9. The van der Waals surface area contributed by atoms with Crippen LogP contribution in [0.3, 0.4) is 0 Å². The summed E-state index contributed by atoms with van der Waals surface area (Å²) in [5, 5.41) is 21.0. The van der Waals surface area contributed by atoms with Gasteiger partial charge in [-0.1, -0.05) is 49.7 Å². The van der Waals surface area contributed by atoms with E-state index in [9.17, 15) is 14.9 Å². The number of aromatic nitrogens is 7. The zero-order chi connectivity index (χ0) is 34.9. The Hall–Kier alpha value is -6.42. The number of hydrogen-bond donors (Lipinski definition) is 3. The van der Waals surface area contributed by atoms with Crippen LogP contribution in [-0.2, 0) is 13.6 Å². The van der Waals surface area contributed by atoms with E-state index in [0.29, 0.717) is 59.0 Å². The topological polar surface area (TPSA) is 170 Å². The molecule has 6 rings (SSSR count). The Bertz CT molecular complexity index is 2170. The van der Waals surface area contributed by atoms with Gasteiger partial charge < -0.3 is 15.6 Å². The first-order chi connectivity index (χ1) is 24.4. The Labute approximate surface area is 289 Å². The molecule has 4 aromatic heterocycles. The highest BCUT2D eigenvalue weighted by atomic mass is 16.2. The molecule has 0 spiro atoms. The second kappa shape index (κ2) is 15.7. The van der Waals surface area contributed by atoms with Crippen molar-refractivity contribution < 1.29 is 4.79 Å². The summed E-state index contributed by atoms with van der Waals surface area (Å²) in [7, 11) is 1.86. The number of hydrogen-bond acceptors (Lipinski definition) is 9. The van der Waals surface area contributed by atoms with Crippen LogP contribution < -0.4 is 21.1 Å². The number of fused-ring (bicyclic) bond motifs is 1. The molecule has 0 saturated carbocycles. The summed E-state index contributed by atoms with van der Waals surface area (Å²) in [5.74, 6) is 0.926. The molecule has 50 heavy (non-hydrogen) atoms. The summed E-state index contributed by atoms with van der Waals surface area (Å²) in [6.45, 7) is 2.93. The van der Waals surface area contributed by atoms with Crippen molar-refractivity contribution in [3.05, 3.63) is 113 Å². The molecule has 3 N–H and O–H groups in total. The minimum atomic E-state index is -0.270. The molecule has 13 nitrogen and oxygen atoms in total. The number of pyridine rings is 1. The first-order valence-corrected chi connectivity index (χ1v) is 16.5. The number of H-pyrrole nitrogens is 1. The fourth-order valence-electron chi connectivity index (χ4n) is 5.76. The van der Waals surface area contributed by atoms with E-state index in [1.807, 2.05) is 55.7 Å². The van der Waals surface area contributed by atoms with Crippen molar-refractivity contribution in [2.24, 2.45) is 7.05 Å². The number of carbonyl (C=O) groups excluding carboxylic acids is 1. The number of carbonyl (C=O) groups is 1. The minimum absolute atomic E-state index is 0.000389. The molecule has 0 aliphatic rings. The maximum atomic E-state index is 13.6. The first kappa shape index (κ1) is 33.5. The summed E-state index contributed by atoms with van der Waals surface area (Å²) < 4.78 is 1.74. The number of nitriles is 1. The number of nitrogens with one attached hydrogen (secondary N) is 3. The van der Waals surface area contributed by atoms with Crippen LogP contribution >= 0.6 is 0 Å². The van der Waals surface area contributed by atoms with Crippen LogP contribution in [0.4, 0.5) is 16.6 Å². The van der Waals surface area contributed by atoms with Gasteiger partial charge in [-0.05, 0) is 49.1 Å². The van der Waals surface area contributed by atoms with Gasteiger partial charge in [-0.25, -0.2) is 24.7 Å². The highest BCUT2D eigenvalue weighted by molar-refractivity contribution is 5.91. The fraction of sp³-hybridized carbons (Fsp3) is 0.243. The predicted molar refractivity (Wildman–Crippen MR) is 192 cm³/mol. The Morgan fingerprint density at radius 1 is 1.00 bits per heavy atom. The third kappa shape index (κ3) is 7.99. The second-order valence-corrected chi connectivity index (χ2v) is 11.9. The number of benzene rings is 2. The molecule has 0 radical (unpaired) electrons. The Kier molecular flexibility index (Phi) is 10.5. The quantitative estimate of drug-likeness (QED) is 0.137. The summed E-state index contributed by atoms with van der Waals surface area (Å²) in [6.07, 6.45) is 11.5. The van der Waals surface area contributed by atoms with E-state index < -0.39 is 0 Å². The lowest BCUT2D eigenvalue weighted by Crippen LogP contribution is -2.41. The van der Waals surface area contributed by atoms with Gasteiger partial charge in [-0.15, -0.1) is 0 Å². The van der Waals surface area contributed by atoms with Gasteiger partial charge in [0.05, 0.1) is 40.9 Å². The SMILES string of the molecule is CCC[C@H](CCCN(C(=O)NCc1ccccc1)c1ccc(-c2cnn(C)c2)cn1)Nc1ncc(C#N)c(-c2ccc3nc[nH]c(=O)c3c2)n1. The van der Waals surface area contributed by atoms with Gasteiger partial charge in [0.1, 0.15) is 11.9 Å². The fourth-order valence-corrected chi connectivity index (χ4v) is 5.76. The maximum absolute atomic E-state index is 13.6. The highest BCUT2D eigenvalue weighted by Crippen LogP contribution is 2.26. The number of nitrogens with zero attached hydrogens (tertiary/aromatic N) is 8. The molecule has 0 bridgehead atoms. The molecule has 6 aromatic rings. The van der Waals surface area contributed by atoms with Crippen molar-refractivity contribution >= 4 is 28.7 Å². The van der Waals surface area contributed by atoms with Gasteiger partial charge in [-0.2, -0.15) is 10.4 Å². The lowest BCUT2D eigenvalue weighted by Gasteiger charge is -2.24. The van der Waals surface area contributed by atoms with E-state index in [-0.39, 0.29) is 17.6 Å². The Morgan fingerprint density at radius 3 is 2.58 bits per heavy atom. The molecule has 0 saturated heterocycles. The van der Waals surface area contributed by atoms with Crippen LogP contribution in [0, 0.1) is 11.3 Å². The van der Waals surface area contributed by atoms with Crippen molar-refractivity contribution in [1.29, 1.82) is 5.26 Å². The van der Waals surface area contributed by atoms with E-state index in [2.05, 4.69) is 48.7 Å². The molecule has 1 atom stereocenters. The molecule has 4 heterocycles. The number of aromatic amines is 1. The summed E-state index contributed by atoms with van der Waals surface area (Å²) >= 11 is 0. The van der Waals surface area contributed by atoms with Crippen LogP contribution in [0.5, 0.6) is 0 Å². The van der Waals surface area contributed by atoms with Crippen molar-refractivity contribution in [2.45, 2.75) is 45.2 Å². The average Bonchev–Trinajstić information content (AvgIpc) is 3.59. The molecule has 0 unspecified atom stereocenters. The lowest BCUT2D eigenvalue weighted by molar-refractivity contribution is 0.245. The Balaban J connectivity index is 1.18. The van der Waals surface area contributed by atoms with E-state index in [0.717, 1.165) is 36.0 Å². The van der Waals surface area contributed by atoms with Crippen LogP contribution in [-0.4, -0.2) is 53.3 Å². The maximum Gasteiger partial charge on any atom is 0.323 e. The normalized spacial score (nSPS) is 11.5. The van der Waals surface area contributed by atoms with E-state index in [1.54, 1.807) is 40.2 Å². The summed E-state index contributed by atoms with van der Waals surface area (Å²) in [5.41, 5.74) is 4.47. The van der Waals surface area contributed by atoms with Crippen LogP contribution in [0.1, 0.15) is 43.7 Å². The third-order valence-corrected chi connectivity index (χ3v) is 8.32. The largest absolute Gasteiger partial charge is 0.351 e. The van der Waals surface area contributed by atoms with Gasteiger partial charge in [-0.3, -0.25) is 14.4 Å². The van der Waals surface area contributed by atoms with Gasteiger partial charge >= 0.3 is 6.03 Å². The standard InChI is InChI=1S/C37H37N11O2/c1-3-8-30(45-36-40-21-28(18-38)34(46-36)26-12-14-32-31(17-26)35(49)43-24-42-32)11-7-16-48(37(50)41-19-25-9-5-4-6-10-25)33-15-13-27(20-39-33)29-22-44-47(2)23-29/h4-6,9-10,12-15,17,20-24,30H,3,7-8,11,16,19H2,1-2H3,(H,41,50)(H,40,45,46)(H,42,43,49)/t30-/m1/s1. The van der Waals surface area contributed by atoms with Crippen molar-refractivity contribution in [1.82, 2.24) is 40.0 Å². The van der Waals surface area contributed by atoms with Crippen LogP contribution in [0.25, 0.3) is 33.3 Å². The lowest BCUT2D eigenvalue weighted by atomic mass is 10.1. The first-order valence-electron chi connectivity index (χ1n) is 16.5. The van der Waals surface area contributed by atoms with E-state index in [4.69, 9.17) is 4.98 Å². The number of anilines is 2. The van der Waals surface area contributed by atoms with Crippen molar-refractivity contribution in [3.8, 4) is 28.5 Å². The summed E-state index contributed by atoms with van der Waals surface area (Å²) in [6, 6.07) is 20.7. The molecule has 0 aliphatic carbocycles. The molecule has 252 valence electrons. The van der Waals surface area contributed by atoms with Crippen LogP contribution in [0.15, 0.2) is 96.6 Å².